The SMILES string of the molecule is CCCCOc1ccc(/C(O)=C2/C(=O)C(=O)N(CCOC)C2c2ccncc2)cc1. The minimum Gasteiger partial charge on any atom is -0.507 e. The lowest BCUT2D eigenvalue weighted by atomic mass is 9.96. The van der Waals surface area contributed by atoms with E-state index in [0.717, 1.165) is 12.8 Å². The number of aliphatic hydroxyl groups excluding tert-OH is 1. The first kappa shape index (κ1) is 21.5. The molecule has 1 N–H and O–H groups in total. The quantitative estimate of drug-likeness (QED) is 0.295. The molecular formula is C23H26N2O5. The first-order valence-corrected chi connectivity index (χ1v) is 9.99. The van der Waals surface area contributed by atoms with Crippen LogP contribution in [0.3, 0.4) is 0 Å². The van der Waals surface area contributed by atoms with E-state index in [2.05, 4.69) is 11.9 Å². The zero-order valence-corrected chi connectivity index (χ0v) is 17.2. The topological polar surface area (TPSA) is 89.0 Å². The van der Waals surface area contributed by atoms with Crippen molar-refractivity contribution in [1.82, 2.24) is 9.88 Å². The third-order valence-corrected chi connectivity index (χ3v) is 4.99. The van der Waals surface area contributed by atoms with Gasteiger partial charge in [-0.3, -0.25) is 14.6 Å². The molecule has 1 aromatic carbocycles. The normalized spacial score (nSPS) is 18.1. The van der Waals surface area contributed by atoms with Gasteiger partial charge in [-0.2, -0.15) is 0 Å². The summed E-state index contributed by atoms with van der Waals surface area (Å²) in [5.74, 6) is -0.898. The van der Waals surface area contributed by atoms with E-state index in [4.69, 9.17) is 9.47 Å². The maximum Gasteiger partial charge on any atom is 0.295 e. The third-order valence-electron chi connectivity index (χ3n) is 4.99. The Morgan fingerprint density at radius 3 is 2.43 bits per heavy atom. The van der Waals surface area contributed by atoms with Gasteiger partial charge in [-0.25, -0.2) is 0 Å². The molecule has 0 bridgehead atoms. The number of Topliss-reactive ketones (excluding diaryl/α,β-unsaturated/α-hetero) is 1. The van der Waals surface area contributed by atoms with Crippen molar-refractivity contribution in [3.63, 3.8) is 0 Å². The van der Waals surface area contributed by atoms with Crippen molar-refractivity contribution in [1.29, 1.82) is 0 Å². The lowest BCUT2D eigenvalue weighted by Crippen LogP contribution is -2.32. The molecule has 1 aromatic heterocycles. The number of hydrogen-bond acceptors (Lipinski definition) is 6. The van der Waals surface area contributed by atoms with Crippen LogP contribution >= 0.6 is 0 Å². The van der Waals surface area contributed by atoms with E-state index in [1.807, 2.05) is 0 Å². The molecule has 1 atom stereocenters. The predicted octanol–water partition coefficient (Wildman–Crippen LogP) is 3.33. The second-order valence-electron chi connectivity index (χ2n) is 6.99. The van der Waals surface area contributed by atoms with Gasteiger partial charge in [-0.05, 0) is 48.4 Å². The molecule has 1 amide bonds. The molecule has 1 saturated heterocycles. The number of ketones is 1. The van der Waals surface area contributed by atoms with Gasteiger partial charge in [0.1, 0.15) is 11.5 Å². The summed E-state index contributed by atoms with van der Waals surface area (Å²) in [5, 5.41) is 11.0. The van der Waals surface area contributed by atoms with Gasteiger partial charge < -0.3 is 19.5 Å². The first-order chi connectivity index (χ1) is 14.6. The van der Waals surface area contributed by atoms with E-state index in [1.165, 1.54) is 12.0 Å². The number of hydrogen-bond donors (Lipinski definition) is 1. The van der Waals surface area contributed by atoms with E-state index in [-0.39, 0.29) is 24.5 Å². The molecule has 0 spiro atoms. The van der Waals surface area contributed by atoms with Crippen molar-refractivity contribution in [2.75, 3.05) is 26.9 Å². The summed E-state index contributed by atoms with van der Waals surface area (Å²) in [7, 11) is 1.53. The van der Waals surface area contributed by atoms with Gasteiger partial charge in [0.15, 0.2) is 0 Å². The van der Waals surface area contributed by atoms with Gasteiger partial charge in [0.05, 0.1) is 24.8 Å². The molecule has 1 aliphatic rings. The Kier molecular flexibility index (Phi) is 7.19. The van der Waals surface area contributed by atoms with E-state index >= 15 is 0 Å². The number of rotatable bonds is 9. The third kappa shape index (κ3) is 4.52. The number of likely N-dealkylation sites (tertiary alicyclic amines) is 1. The van der Waals surface area contributed by atoms with E-state index in [1.54, 1.807) is 48.8 Å². The van der Waals surface area contributed by atoms with Crippen LogP contribution in [0.2, 0.25) is 0 Å². The largest absolute Gasteiger partial charge is 0.507 e. The molecule has 3 rings (SSSR count). The van der Waals surface area contributed by atoms with Crippen LogP contribution in [0.5, 0.6) is 5.75 Å². The molecule has 1 fully saturated rings. The number of methoxy groups -OCH3 is 1. The van der Waals surface area contributed by atoms with Crippen molar-refractivity contribution in [3.05, 3.63) is 65.5 Å². The van der Waals surface area contributed by atoms with Crippen LogP contribution in [0.15, 0.2) is 54.4 Å². The van der Waals surface area contributed by atoms with Crippen LogP contribution in [-0.4, -0.2) is 53.5 Å². The average molecular weight is 410 g/mol. The Balaban J connectivity index is 1.98. The molecule has 0 saturated carbocycles. The predicted molar refractivity (Wildman–Crippen MR) is 112 cm³/mol. The highest BCUT2D eigenvalue weighted by Gasteiger charge is 2.45. The first-order valence-electron chi connectivity index (χ1n) is 9.99. The van der Waals surface area contributed by atoms with Gasteiger partial charge in [0, 0.05) is 31.6 Å². The molecule has 7 heteroatoms. The highest BCUT2D eigenvalue weighted by molar-refractivity contribution is 6.46. The zero-order chi connectivity index (χ0) is 21.5. The Bertz CT molecular complexity index is 909. The number of aliphatic hydroxyl groups is 1. The fourth-order valence-corrected chi connectivity index (χ4v) is 3.39. The smallest absolute Gasteiger partial charge is 0.295 e. The lowest BCUT2D eigenvalue weighted by molar-refractivity contribution is -0.140. The minimum absolute atomic E-state index is 0.0574. The van der Waals surface area contributed by atoms with E-state index < -0.39 is 17.7 Å². The van der Waals surface area contributed by atoms with Crippen LogP contribution in [0.4, 0.5) is 0 Å². The summed E-state index contributed by atoms with van der Waals surface area (Å²) in [6.07, 6.45) is 5.18. The number of amides is 1. The van der Waals surface area contributed by atoms with Gasteiger partial charge in [0.2, 0.25) is 0 Å². The van der Waals surface area contributed by atoms with Crippen molar-refractivity contribution < 1.29 is 24.2 Å². The molecule has 2 heterocycles. The Labute approximate surface area is 175 Å². The standard InChI is InChI=1S/C23H26N2O5/c1-3-4-14-30-18-7-5-17(6-8-18)21(26)19-20(16-9-11-24-12-10-16)25(13-15-29-2)23(28)22(19)27/h5-12,20,26H,3-4,13-15H2,1-2H3/b21-19-. The average Bonchev–Trinajstić information content (AvgIpc) is 3.03. The van der Waals surface area contributed by atoms with Crippen LogP contribution in [-0.2, 0) is 14.3 Å². The fourth-order valence-electron chi connectivity index (χ4n) is 3.39. The van der Waals surface area contributed by atoms with Crippen LogP contribution in [0, 0.1) is 0 Å². The van der Waals surface area contributed by atoms with Crippen LogP contribution < -0.4 is 4.74 Å². The zero-order valence-electron chi connectivity index (χ0n) is 17.2. The fraction of sp³-hybridized carbons (Fsp3) is 0.348. The second-order valence-corrected chi connectivity index (χ2v) is 6.99. The summed E-state index contributed by atoms with van der Waals surface area (Å²) in [6, 6.07) is 9.61. The molecule has 1 unspecified atom stereocenters. The molecule has 30 heavy (non-hydrogen) atoms. The van der Waals surface area contributed by atoms with Gasteiger partial charge in [-0.15, -0.1) is 0 Å². The Morgan fingerprint density at radius 1 is 1.10 bits per heavy atom. The monoisotopic (exact) mass is 410 g/mol. The number of carbonyl (C=O) groups is 2. The number of unbranched alkanes of at least 4 members (excludes halogenated alkanes) is 1. The van der Waals surface area contributed by atoms with Crippen LogP contribution in [0.1, 0.15) is 36.9 Å². The van der Waals surface area contributed by atoms with Gasteiger partial charge in [-0.1, -0.05) is 13.3 Å². The molecular weight excluding hydrogens is 384 g/mol. The number of nitrogens with zero attached hydrogens (tertiary/aromatic N) is 2. The highest BCUT2D eigenvalue weighted by Crippen LogP contribution is 2.39. The summed E-state index contributed by atoms with van der Waals surface area (Å²) in [5.41, 5.74) is 1.20. The Hall–Kier alpha value is -3.19. The molecule has 0 aliphatic carbocycles. The number of aromatic nitrogens is 1. The number of ether oxygens (including phenoxy) is 2. The van der Waals surface area contributed by atoms with E-state index in [0.29, 0.717) is 23.5 Å². The maximum absolute atomic E-state index is 12.8. The molecule has 0 radical (unpaired) electrons. The second kappa shape index (κ2) is 10.0. The minimum atomic E-state index is -0.714. The van der Waals surface area contributed by atoms with Crippen molar-refractivity contribution in [2.24, 2.45) is 0 Å². The van der Waals surface area contributed by atoms with Crippen molar-refractivity contribution in [2.45, 2.75) is 25.8 Å². The molecule has 158 valence electrons. The Morgan fingerprint density at radius 2 is 1.80 bits per heavy atom. The number of benzene rings is 1. The molecule has 1 aliphatic heterocycles. The number of carbonyl (C=O) groups excluding carboxylic acids is 2. The maximum atomic E-state index is 12.8. The van der Waals surface area contributed by atoms with Crippen molar-refractivity contribution in [3.8, 4) is 5.75 Å². The summed E-state index contributed by atoms with van der Waals surface area (Å²) >= 11 is 0. The van der Waals surface area contributed by atoms with E-state index in [9.17, 15) is 14.7 Å². The van der Waals surface area contributed by atoms with Crippen molar-refractivity contribution >= 4 is 17.4 Å². The summed E-state index contributed by atoms with van der Waals surface area (Å²) in [6.45, 7) is 3.22. The van der Waals surface area contributed by atoms with Crippen LogP contribution in [0.25, 0.3) is 5.76 Å². The molecule has 7 nitrogen and oxygen atoms in total. The van der Waals surface area contributed by atoms with Gasteiger partial charge >= 0.3 is 0 Å². The highest BCUT2D eigenvalue weighted by atomic mass is 16.5. The summed E-state index contributed by atoms with van der Waals surface area (Å²) < 4.78 is 10.7. The lowest BCUT2D eigenvalue weighted by Gasteiger charge is -2.24. The molecule has 2 aromatic rings. The number of pyridine rings is 1. The summed E-state index contributed by atoms with van der Waals surface area (Å²) in [4.78, 5) is 30.9. The van der Waals surface area contributed by atoms with Gasteiger partial charge in [0.25, 0.3) is 11.7 Å².